The van der Waals surface area contributed by atoms with Crippen molar-refractivity contribution in [2.24, 2.45) is 0 Å². The van der Waals surface area contributed by atoms with Gasteiger partial charge in [-0.1, -0.05) is 30.0 Å². The molecule has 0 atom stereocenters. The summed E-state index contributed by atoms with van der Waals surface area (Å²) in [5.74, 6) is 1.19. The first-order valence-corrected chi connectivity index (χ1v) is 8.04. The van der Waals surface area contributed by atoms with Gasteiger partial charge in [0.2, 0.25) is 0 Å². The van der Waals surface area contributed by atoms with Gasteiger partial charge in [0, 0.05) is 35.1 Å². The van der Waals surface area contributed by atoms with Gasteiger partial charge >= 0.3 is 0 Å². The van der Waals surface area contributed by atoms with Gasteiger partial charge in [0.25, 0.3) is 0 Å². The molecule has 0 radical (unpaired) electrons. The molecule has 116 valence electrons. The summed E-state index contributed by atoms with van der Waals surface area (Å²) in [6.45, 7) is 2.40. The van der Waals surface area contributed by atoms with Crippen molar-refractivity contribution in [2.45, 2.75) is 23.4 Å². The molecule has 0 saturated carbocycles. The fourth-order valence-electron chi connectivity index (χ4n) is 2.06. The molecule has 0 bridgehead atoms. The van der Waals surface area contributed by atoms with Gasteiger partial charge in [0.05, 0.1) is 0 Å². The molecule has 3 N–H and O–H groups in total. The molecular formula is C17H17N5S. The summed E-state index contributed by atoms with van der Waals surface area (Å²) in [7, 11) is 0. The highest BCUT2D eigenvalue weighted by molar-refractivity contribution is 7.99. The SMILES string of the molecule is Cc1ncc(CNc2ccccc2Sc2ccccn2)c(N)n1. The lowest BCUT2D eigenvalue weighted by molar-refractivity contribution is 1.00. The van der Waals surface area contributed by atoms with Gasteiger partial charge in [0.15, 0.2) is 0 Å². The number of hydrogen-bond donors (Lipinski definition) is 2. The van der Waals surface area contributed by atoms with E-state index in [4.69, 9.17) is 5.73 Å². The zero-order valence-electron chi connectivity index (χ0n) is 12.7. The van der Waals surface area contributed by atoms with E-state index in [0.29, 0.717) is 18.2 Å². The smallest absolute Gasteiger partial charge is 0.132 e. The van der Waals surface area contributed by atoms with Crippen LogP contribution in [0.25, 0.3) is 0 Å². The van der Waals surface area contributed by atoms with Crippen LogP contribution in [0.3, 0.4) is 0 Å². The highest BCUT2D eigenvalue weighted by Crippen LogP contribution is 2.32. The van der Waals surface area contributed by atoms with Crippen molar-refractivity contribution in [1.29, 1.82) is 0 Å². The van der Waals surface area contributed by atoms with Crippen molar-refractivity contribution in [3.8, 4) is 0 Å². The maximum atomic E-state index is 5.94. The first-order chi connectivity index (χ1) is 11.2. The van der Waals surface area contributed by atoms with Crippen molar-refractivity contribution >= 4 is 23.3 Å². The summed E-state index contributed by atoms with van der Waals surface area (Å²) in [5, 5.41) is 4.36. The van der Waals surface area contributed by atoms with Gasteiger partial charge in [-0.2, -0.15) is 0 Å². The van der Waals surface area contributed by atoms with Crippen LogP contribution in [0, 0.1) is 6.92 Å². The Morgan fingerprint density at radius 3 is 2.70 bits per heavy atom. The molecule has 0 aliphatic carbocycles. The normalized spacial score (nSPS) is 10.5. The minimum absolute atomic E-state index is 0.514. The number of nitrogen functional groups attached to an aromatic ring is 1. The summed E-state index contributed by atoms with van der Waals surface area (Å²) in [6.07, 6.45) is 3.56. The maximum absolute atomic E-state index is 5.94. The average Bonchev–Trinajstić information content (AvgIpc) is 2.56. The predicted octanol–water partition coefficient (Wildman–Crippen LogP) is 3.53. The van der Waals surface area contributed by atoms with Crippen LogP contribution in [-0.4, -0.2) is 15.0 Å². The lowest BCUT2D eigenvalue weighted by Crippen LogP contribution is -2.07. The minimum atomic E-state index is 0.514. The minimum Gasteiger partial charge on any atom is -0.383 e. The molecule has 0 spiro atoms. The largest absolute Gasteiger partial charge is 0.383 e. The first kappa shape index (κ1) is 15.3. The van der Waals surface area contributed by atoms with Crippen molar-refractivity contribution in [1.82, 2.24) is 15.0 Å². The van der Waals surface area contributed by atoms with Crippen LogP contribution in [0.15, 0.2) is 64.8 Å². The Morgan fingerprint density at radius 2 is 1.91 bits per heavy atom. The van der Waals surface area contributed by atoms with Crippen LogP contribution in [0.2, 0.25) is 0 Å². The van der Waals surface area contributed by atoms with Crippen molar-refractivity contribution < 1.29 is 0 Å². The van der Waals surface area contributed by atoms with E-state index in [9.17, 15) is 0 Å². The number of nitrogens with two attached hydrogens (primary N) is 1. The van der Waals surface area contributed by atoms with Crippen LogP contribution in [0.5, 0.6) is 0 Å². The number of anilines is 2. The molecule has 0 fully saturated rings. The fourth-order valence-corrected chi connectivity index (χ4v) is 2.94. The second-order valence-electron chi connectivity index (χ2n) is 4.95. The van der Waals surface area contributed by atoms with E-state index >= 15 is 0 Å². The molecule has 3 aromatic rings. The van der Waals surface area contributed by atoms with Crippen LogP contribution in [0.1, 0.15) is 11.4 Å². The second-order valence-corrected chi connectivity index (χ2v) is 6.01. The number of pyridine rings is 1. The highest BCUT2D eigenvalue weighted by Gasteiger charge is 2.06. The predicted molar refractivity (Wildman–Crippen MR) is 93.3 cm³/mol. The standard InChI is InChI=1S/C17H17N5S/c1-12-20-10-13(17(18)22-12)11-21-14-6-2-3-7-15(14)23-16-8-4-5-9-19-16/h2-10,21H,11H2,1H3,(H2,18,20,22). The van der Waals surface area contributed by atoms with E-state index in [-0.39, 0.29) is 0 Å². The fraction of sp³-hybridized carbons (Fsp3) is 0.118. The molecular weight excluding hydrogens is 306 g/mol. The molecule has 6 heteroatoms. The van der Waals surface area contributed by atoms with Crippen molar-refractivity contribution in [3.63, 3.8) is 0 Å². The number of aryl methyl sites for hydroxylation is 1. The highest BCUT2D eigenvalue weighted by atomic mass is 32.2. The van der Waals surface area contributed by atoms with E-state index < -0.39 is 0 Å². The zero-order chi connectivity index (χ0) is 16.1. The summed E-state index contributed by atoms with van der Waals surface area (Å²) in [5.41, 5.74) is 7.85. The van der Waals surface area contributed by atoms with Gasteiger partial charge in [-0.25, -0.2) is 15.0 Å². The summed E-state index contributed by atoms with van der Waals surface area (Å²) in [4.78, 5) is 13.8. The molecule has 1 aromatic carbocycles. The Kier molecular flexibility index (Phi) is 4.73. The lowest BCUT2D eigenvalue weighted by atomic mass is 10.2. The number of rotatable bonds is 5. The van der Waals surface area contributed by atoms with E-state index in [1.165, 1.54) is 0 Å². The third-order valence-electron chi connectivity index (χ3n) is 3.23. The van der Waals surface area contributed by atoms with Gasteiger partial charge < -0.3 is 11.1 Å². The molecule has 23 heavy (non-hydrogen) atoms. The Bertz CT molecular complexity index is 792. The number of benzene rings is 1. The monoisotopic (exact) mass is 323 g/mol. The number of nitrogens with zero attached hydrogens (tertiary/aromatic N) is 3. The van der Waals surface area contributed by atoms with Crippen LogP contribution in [0.4, 0.5) is 11.5 Å². The lowest BCUT2D eigenvalue weighted by Gasteiger charge is -2.12. The van der Waals surface area contributed by atoms with E-state index in [2.05, 4.69) is 26.3 Å². The number of aromatic nitrogens is 3. The summed E-state index contributed by atoms with van der Waals surface area (Å²) in [6, 6.07) is 14.0. The van der Waals surface area contributed by atoms with Crippen LogP contribution in [-0.2, 0) is 6.54 Å². The number of nitrogens with one attached hydrogen (secondary N) is 1. The molecule has 0 aliphatic heterocycles. The maximum Gasteiger partial charge on any atom is 0.132 e. The van der Waals surface area contributed by atoms with E-state index in [1.807, 2.05) is 43.3 Å². The quantitative estimate of drug-likeness (QED) is 0.748. The molecule has 3 rings (SSSR count). The van der Waals surface area contributed by atoms with E-state index in [1.54, 1.807) is 24.2 Å². The topological polar surface area (TPSA) is 76.7 Å². The molecule has 5 nitrogen and oxygen atoms in total. The summed E-state index contributed by atoms with van der Waals surface area (Å²) < 4.78 is 0. The Hall–Kier alpha value is -2.60. The molecule has 2 heterocycles. The Labute approximate surface area is 139 Å². The van der Waals surface area contributed by atoms with Crippen LogP contribution < -0.4 is 11.1 Å². The number of hydrogen-bond acceptors (Lipinski definition) is 6. The molecule has 0 amide bonds. The third kappa shape index (κ3) is 3.98. The average molecular weight is 323 g/mol. The third-order valence-corrected chi connectivity index (χ3v) is 4.25. The zero-order valence-corrected chi connectivity index (χ0v) is 13.5. The molecule has 0 unspecified atom stereocenters. The van der Waals surface area contributed by atoms with Gasteiger partial charge in [-0.05, 0) is 31.2 Å². The molecule has 0 aliphatic rings. The van der Waals surface area contributed by atoms with Gasteiger partial charge in [-0.3, -0.25) is 0 Å². The molecule has 0 saturated heterocycles. The Balaban J connectivity index is 1.75. The van der Waals surface area contributed by atoms with Crippen LogP contribution >= 0.6 is 11.8 Å². The first-order valence-electron chi connectivity index (χ1n) is 7.22. The number of para-hydroxylation sites is 1. The van der Waals surface area contributed by atoms with Crippen molar-refractivity contribution in [3.05, 3.63) is 66.2 Å². The van der Waals surface area contributed by atoms with Gasteiger partial charge in [-0.15, -0.1) is 0 Å². The molecule has 2 aromatic heterocycles. The Morgan fingerprint density at radius 1 is 1.09 bits per heavy atom. The van der Waals surface area contributed by atoms with Gasteiger partial charge in [0.1, 0.15) is 16.7 Å². The second kappa shape index (κ2) is 7.11. The van der Waals surface area contributed by atoms with Crippen molar-refractivity contribution in [2.75, 3.05) is 11.1 Å². The van der Waals surface area contributed by atoms with E-state index in [0.717, 1.165) is 21.2 Å². The summed E-state index contributed by atoms with van der Waals surface area (Å²) >= 11 is 1.62.